The van der Waals surface area contributed by atoms with Crippen LogP contribution < -0.4 is 5.32 Å². The molecule has 0 amide bonds. The van der Waals surface area contributed by atoms with E-state index < -0.39 is 0 Å². The van der Waals surface area contributed by atoms with Gasteiger partial charge >= 0.3 is 0 Å². The first kappa shape index (κ1) is 12.1. The van der Waals surface area contributed by atoms with Gasteiger partial charge in [-0.1, -0.05) is 0 Å². The summed E-state index contributed by atoms with van der Waals surface area (Å²) in [6.07, 6.45) is 2.50. The predicted octanol–water partition coefficient (Wildman–Crippen LogP) is 0.911. The second-order valence-electron chi connectivity index (χ2n) is 3.10. The molecule has 0 aliphatic carbocycles. The molecule has 6 heteroatoms. The standard InChI is InChI=1S/C9H13BrN4O/c1-11-9-7(6-14(2)3-4-15)13-8(10)5-12-9/h4-5H,3,6H2,1-2H3,(H,11,12). The van der Waals surface area contributed by atoms with Gasteiger partial charge in [-0.15, -0.1) is 0 Å². The van der Waals surface area contributed by atoms with Crippen LogP contribution in [-0.4, -0.2) is 41.8 Å². The van der Waals surface area contributed by atoms with E-state index in [1.54, 1.807) is 13.2 Å². The Bertz CT molecular complexity index is 345. The van der Waals surface area contributed by atoms with Crippen LogP contribution in [-0.2, 0) is 11.3 Å². The number of likely N-dealkylation sites (N-methyl/N-ethyl adjacent to an activating group) is 1. The van der Waals surface area contributed by atoms with Gasteiger partial charge < -0.3 is 10.1 Å². The van der Waals surface area contributed by atoms with Crippen LogP contribution in [0, 0.1) is 0 Å². The van der Waals surface area contributed by atoms with Crippen molar-refractivity contribution in [1.82, 2.24) is 14.9 Å². The quantitative estimate of drug-likeness (QED) is 0.808. The van der Waals surface area contributed by atoms with Gasteiger partial charge in [0.05, 0.1) is 18.4 Å². The third-order valence-electron chi connectivity index (χ3n) is 1.86. The average Bonchev–Trinajstić information content (AvgIpc) is 2.18. The highest BCUT2D eigenvalue weighted by Crippen LogP contribution is 2.14. The zero-order chi connectivity index (χ0) is 11.3. The number of hydrogen-bond acceptors (Lipinski definition) is 5. The zero-order valence-electron chi connectivity index (χ0n) is 8.70. The molecule has 0 fully saturated rings. The Balaban J connectivity index is 2.81. The van der Waals surface area contributed by atoms with Gasteiger partial charge in [0.25, 0.3) is 0 Å². The molecule has 0 aliphatic rings. The van der Waals surface area contributed by atoms with Crippen LogP contribution in [0.5, 0.6) is 0 Å². The van der Waals surface area contributed by atoms with Gasteiger partial charge in [-0.3, -0.25) is 4.90 Å². The fourth-order valence-corrected chi connectivity index (χ4v) is 1.49. The lowest BCUT2D eigenvalue weighted by Crippen LogP contribution is -2.21. The Kier molecular flexibility index (Phi) is 4.64. The molecule has 1 aromatic heterocycles. The molecule has 0 spiro atoms. The van der Waals surface area contributed by atoms with Gasteiger partial charge in [-0.25, -0.2) is 9.97 Å². The summed E-state index contributed by atoms with van der Waals surface area (Å²) in [5.74, 6) is 0.732. The first-order valence-electron chi connectivity index (χ1n) is 4.48. The summed E-state index contributed by atoms with van der Waals surface area (Å²) < 4.78 is 0.691. The minimum atomic E-state index is 0.386. The number of anilines is 1. The number of halogens is 1. The van der Waals surface area contributed by atoms with Gasteiger partial charge in [-0.2, -0.15) is 0 Å². The number of aromatic nitrogens is 2. The van der Waals surface area contributed by atoms with Crippen molar-refractivity contribution in [2.75, 3.05) is 26.0 Å². The summed E-state index contributed by atoms with van der Waals surface area (Å²) in [6.45, 7) is 0.971. The van der Waals surface area contributed by atoms with Crippen LogP contribution >= 0.6 is 15.9 Å². The average molecular weight is 273 g/mol. The van der Waals surface area contributed by atoms with E-state index >= 15 is 0 Å². The molecule has 0 saturated heterocycles. The van der Waals surface area contributed by atoms with Crippen LogP contribution in [0.25, 0.3) is 0 Å². The number of carbonyl (C=O) groups excluding carboxylic acids is 1. The van der Waals surface area contributed by atoms with Crippen molar-refractivity contribution in [2.45, 2.75) is 6.54 Å². The minimum absolute atomic E-state index is 0.386. The fourth-order valence-electron chi connectivity index (χ4n) is 1.17. The maximum Gasteiger partial charge on any atom is 0.148 e. The van der Waals surface area contributed by atoms with E-state index in [1.165, 1.54) is 0 Å². The maximum absolute atomic E-state index is 10.3. The summed E-state index contributed by atoms with van der Waals surface area (Å²) in [4.78, 5) is 20.7. The molecule has 1 heterocycles. The summed E-state index contributed by atoms with van der Waals surface area (Å²) in [6, 6.07) is 0. The topological polar surface area (TPSA) is 58.1 Å². The van der Waals surface area contributed by atoms with Crippen molar-refractivity contribution in [3.63, 3.8) is 0 Å². The fraction of sp³-hybridized carbons (Fsp3) is 0.444. The van der Waals surface area contributed by atoms with Crippen LogP contribution in [0.15, 0.2) is 10.8 Å². The third-order valence-corrected chi connectivity index (χ3v) is 2.24. The molecule has 0 atom stereocenters. The second kappa shape index (κ2) is 5.77. The number of hydrogen-bond donors (Lipinski definition) is 1. The van der Waals surface area contributed by atoms with E-state index in [0.29, 0.717) is 17.7 Å². The molecule has 15 heavy (non-hydrogen) atoms. The molecule has 0 bridgehead atoms. The molecule has 82 valence electrons. The number of nitrogens with one attached hydrogen (secondary N) is 1. The summed E-state index contributed by atoms with van der Waals surface area (Å²) in [5, 5.41) is 2.96. The smallest absolute Gasteiger partial charge is 0.148 e. The van der Waals surface area contributed by atoms with E-state index in [4.69, 9.17) is 0 Å². The van der Waals surface area contributed by atoms with Crippen LogP contribution in [0.4, 0.5) is 5.82 Å². The Labute approximate surface area is 97.0 Å². The highest BCUT2D eigenvalue weighted by atomic mass is 79.9. The van der Waals surface area contributed by atoms with E-state index in [0.717, 1.165) is 17.8 Å². The van der Waals surface area contributed by atoms with E-state index in [2.05, 4.69) is 31.2 Å². The molecule has 1 rings (SSSR count). The maximum atomic E-state index is 10.3. The Morgan fingerprint density at radius 3 is 3.00 bits per heavy atom. The van der Waals surface area contributed by atoms with Crippen molar-refractivity contribution in [3.05, 3.63) is 16.5 Å². The van der Waals surface area contributed by atoms with E-state index in [1.807, 2.05) is 11.9 Å². The minimum Gasteiger partial charge on any atom is -0.372 e. The van der Waals surface area contributed by atoms with Gasteiger partial charge in [0.2, 0.25) is 0 Å². The predicted molar refractivity (Wildman–Crippen MR) is 61.7 cm³/mol. The number of carbonyl (C=O) groups is 1. The Hall–Kier alpha value is -1.01. The third kappa shape index (κ3) is 3.56. The van der Waals surface area contributed by atoms with Gasteiger partial charge in [0.1, 0.15) is 16.7 Å². The van der Waals surface area contributed by atoms with Gasteiger partial charge in [0, 0.05) is 13.6 Å². The Morgan fingerprint density at radius 1 is 1.67 bits per heavy atom. The van der Waals surface area contributed by atoms with Gasteiger partial charge in [-0.05, 0) is 23.0 Å². The summed E-state index contributed by atoms with van der Waals surface area (Å²) >= 11 is 3.26. The highest BCUT2D eigenvalue weighted by Gasteiger charge is 2.07. The largest absolute Gasteiger partial charge is 0.372 e. The second-order valence-corrected chi connectivity index (χ2v) is 3.91. The molecule has 0 radical (unpaired) electrons. The zero-order valence-corrected chi connectivity index (χ0v) is 10.3. The van der Waals surface area contributed by atoms with Crippen molar-refractivity contribution in [1.29, 1.82) is 0 Å². The van der Waals surface area contributed by atoms with Crippen LogP contribution in [0.1, 0.15) is 5.69 Å². The Morgan fingerprint density at radius 2 is 2.40 bits per heavy atom. The lowest BCUT2D eigenvalue weighted by atomic mass is 10.3. The molecular weight excluding hydrogens is 260 g/mol. The normalized spacial score (nSPS) is 10.4. The molecule has 0 unspecified atom stereocenters. The molecule has 1 N–H and O–H groups in total. The van der Waals surface area contributed by atoms with E-state index in [9.17, 15) is 4.79 Å². The molecule has 0 saturated carbocycles. The molecular formula is C9H13BrN4O. The monoisotopic (exact) mass is 272 g/mol. The lowest BCUT2D eigenvalue weighted by molar-refractivity contribution is -0.108. The SMILES string of the molecule is CNc1ncc(Br)nc1CN(C)CC=O. The van der Waals surface area contributed by atoms with E-state index in [-0.39, 0.29) is 0 Å². The van der Waals surface area contributed by atoms with Crippen LogP contribution in [0.2, 0.25) is 0 Å². The first-order valence-corrected chi connectivity index (χ1v) is 5.28. The lowest BCUT2D eigenvalue weighted by Gasteiger charge is -2.14. The van der Waals surface area contributed by atoms with Crippen molar-refractivity contribution < 1.29 is 4.79 Å². The van der Waals surface area contributed by atoms with Gasteiger partial charge in [0.15, 0.2) is 0 Å². The number of nitrogens with zero attached hydrogens (tertiary/aromatic N) is 3. The van der Waals surface area contributed by atoms with Crippen molar-refractivity contribution in [3.8, 4) is 0 Å². The van der Waals surface area contributed by atoms with Crippen LogP contribution in [0.3, 0.4) is 0 Å². The van der Waals surface area contributed by atoms with Crippen molar-refractivity contribution >= 4 is 28.0 Å². The summed E-state index contributed by atoms with van der Waals surface area (Å²) in [5.41, 5.74) is 0.816. The van der Waals surface area contributed by atoms with Crippen molar-refractivity contribution in [2.24, 2.45) is 0 Å². The summed E-state index contributed by atoms with van der Waals surface area (Å²) in [7, 11) is 3.65. The first-order chi connectivity index (χ1) is 7.17. The molecule has 0 aliphatic heterocycles. The highest BCUT2D eigenvalue weighted by molar-refractivity contribution is 9.10. The number of aldehydes is 1. The molecule has 1 aromatic rings. The molecule has 0 aromatic carbocycles. The number of rotatable bonds is 5. The molecule has 5 nitrogen and oxygen atoms in total.